The maximum Gasteiger partial charge on any atom is 0.416 e. The molecule has 3 aromatic rings. The average molecular weight is 451 g/mol. The van der Waals surface area contributed by atoms with E-state index in [1.807, 2.05) is 0 Å². The second kappa shape index (κ2) is 8.56. The summed E-state index contributed by atoms with van der Waals surface area (Å²) in [6, 6.07) is 11.8. The van der Waals surface area contributed by atoms with E-state index in [9.17, 15) is 18.3 Å². The molecular weight excluding hydrogens is 433 g/mol. The number of β-amino-alcohol motifs (C(OH)–C–C–N with tert-alkyl or cyclic N) is 1. The third-order valence-corrected chi connectivity index (χ3v) is 4.97. The van der Waals surface area contributed by atoms with Crippen molar-refractivity contribution in [2.75, 3.05) is 28.6 Å². The van der Waals surface area contributed by atoms with Crippen LogP contribution in [0.4, 0.5) is 42.4 Å². The van der Waals surface area contributed by atoms with Gasteiger partial charge in [0.1, 0.15) is 0 Å². The smallest absolute Gasteiger partial charge is 0.391 e. The SMILES string of the molecule is O[C@H]1CCN(c2nc(Nc3cccc(C(F)(F)F)c3)nc(Nc3ccccc3Cl)n2)C1. The van der Waals surface area contributed by atoms with Gasteiger partial charge in [0, 0.05) is 18.8 Å². The Morgan fingerprint density at radius 2 is 1.74 bits per heavy atom. The number of nitrogens with zero attached hydrogens (tertiary/aromatic N) is 4. The van der Waals surface area contributed by atoms with E-state index >= 15 is 0 Å². The van der Waals surface area contributed by atoms with Crippen LogP contribution in [0, 0.1) is 0 Å². The molecule has 31 heavy (non-hydrogen) atoms. The Morgan fingerprint density at radius 1 is 1.00 bits per heavy atom. The Labute approximate surface area is 180 Å². The number of aliphatic hydroxyl groups is 1. The molecule has 1 aliphatic heterocycles. The van der Waals surface area contributed by atoms with Gasteiger partial charge in [-0.1, -0.05) is 29.8 Å². The lowest BCUT2D eigenvalue weighted by Crippen LogP contribution is -2.24. The number of alkyl halides is 3. The van der Waals surface area contributed by atoms with Gasteiger partial charge >= 0.3 is 6.18 Å². The molecule has 1 aromatic heterocycles. The molecule has 0 spiro atoms. The van der Waals surface area contributed by atoms with Gasteiger partial charge in [-0.15, -0.1) is 0 Å². The van der Waals surface area contributed by atoms with E-state index in [0.29, 0.717) is 30.2 Å². The van der Waals surface area contributed by atoms with Crippen LogP contribution in [0.2, 0.25) is 5.02 Å². The zero-order chi connectivity index (χ0) is 22.0. The number of rotatable bonds is 5. The minimum atomic E-state index is -4.47. The summed E-state index contributed by atoms with van der Waals surface area (Å²) in [6.45, 7) is 0.887. The average Bonchev–Trinajstić information content (AvgIpc) is 3.16. The fraction of sp³-hybridized carbons (Fsp3) is 0.250. The van der Waals surface area contributed by atoms with E-state index in [0.717, 1.165) is 12.1 Å². The van der Waals surface area contributed by atoms with E-state index < -0.39 is 17.8 Å². The summed E-state index contributed by atoms with van der Waals surface area (Å²) in [5.74, 6) is 0.504. The van der Waals surface area contributed by atoms with Gasteiger partial charge in [-0.05, 0) is 36.8 Å². The Balaban J connectivity index is 1.67. The summed E-state index contributed by atoms with van der Waals surface area (Å²) in [6.07, 6.45) is -4.41. The van der Waals surface area contributed by atoms with Gasteiger partial charge in [0.2, 0.25) is 17.8 Å². The molecule has 3 N–H and O–H groups in total. The minimum Gasteiger partial charge on any atom is -0.391 e. The van der Waals surface area contributed by atoms with Crippen LogP contribution in [0.15, 0.2) is 48.5 Å². The summed E-state index contributed by atoms with van der Waals surface area (Å²) >= 11 is 6.19. The third-order valence-electron chi connectivity index (χ3n) is 4.64. The molecule has 0 radical (unpaired) electrons. The van der Waals surface area contributed by atoms with E-state index in [2.05, 4.69) is 25.6 Å². The highest BCUT2D eigenvalue weighted by molar-refractivity contribution is 6.33. The number of hydrogen-bond acceptors (Lipinski definition) is 7. The molecule has 2 aromatic carbocycles. The summed E-state index contributed by atoms with van der Waals surface area (Å²) < 4.78 is 39.1. The van der Waals surface area contributed by atoms with Crippen LogP contribution >= 0.6 is 11.6 Å². The van der Waals surface area contributed by atoms with Crippen LogP contribution in [0.25, 0.3) is 0 Å². The van der Waals surface area contributed by atoms with E-state index in [4.69, 9.17) is 11.6 Å². The molecule has 1 atom stereocenters. The van der Waals surface area contributed by atoms with Gasteiger partial charge in [0.25, 0.3) is 0 Å². The fourth-order valence-corrected chi connectivity index (χ4v) is 3.31. The minimum absolute atomic E-state index is 0.0558. The lowest BCUT2D eigenvalue weighted by molar-refractivity contribution is -0.137. The lowest BCUT2D eigenvalue weighted by Gasteiger charge is -2.18. The Hall–Kier alpha value is -3.11. The summed E-state index contributed by atoms with van der Waals surface area (Å²) in [5.41, 5.74) is -0.0474. The highest BCUT2D eigenvalue weighted by Crippen LogP contribution is 2.32. The molecule has 0 aliphatic carbocycles. The zero-order valence-corrected chi connectivity index (χ0v) is 16.8. The molecule has 1 aliphatic rings. The highest BCUT2D eigenvalue weighted by Gasteiger charge is 2.30. The fourth-order valence-electron chi connectivity index (χ4n) is 3.13. The van der Waals surface area contributed by atoms with Crippen LogP contribution in [0.5, 0.6) is 0 Å². The molecule has 1 saturated heterocycles. The summed E-state index contributed by atoms with van der Waals surface area (Å²) in [7, 11) is 0. The number of aromatic nitrogens is 3. The molecule has 2 heterocycles. The summed E-state index contributed by atoms with van der Waals surface area (Å²) in [4.78, 5) is 14.8. The standard InChI is InChI=1S/C20H18ClF3N6O/c21-15-6-1-2-7-16(15)26-18-27-17(28-19(29-18)30-9-8-14(31)11-30)25-13-5-3-4-12(10-13)20(22,23)24/h1-7,10,14,31H,8-9,11H2,(H2,25,26,27,28,29)/t14-/m0/s1. The van der Waals surface area contributed by atoms with Crippen LogP contribution < -0.4 is 15.5 Å². The first-order valence-electron chi connectivity index (χ1n) is 9.43. The molecule has 1 fully saturated rings. The van der Waals surface area contributed by atoms with Crippen LogP contribution in [-0.4, -0.2) is 39.3 Å². The van der Waals surface area contributed by atoms with Crippen molar-refractivity contribution in [1.82, 2.24) is 15.0 Å². The Morgan fingerprint density at radius 3 is 2.42 bits per heavy atom. The van der Waals surface area contributed by atoms with Gasteiger partial charge in [0.15, 0.2) is 0 Å². The Kier molecular flexibility index (Phi) is 5.84. The predicted octanol–water partition coefficient (Wildman–Crippen LogP) is 4.60. The second-order valence-corrected chi connectivity index (χ2v) is 7.39. The number of para-hydroxylation sites is 1. The van der Waals surface area contributed by atoms with Gasteiger partial charge in [-0.25, -0.2) is 0 Å². The third kappa shape index (κ3) is 5.15. The number of hydrogen-bond donors (Lipinski definition) is 3. The van der Waals surface area contributed by atoms with Crippen LogP contribution in [0.3, 0.4) is 0 Å². The second-order valence-electron chi connectivity index (χ2n) is 6.98. The molecule has 0 amide bonds. The molecule has 7 nitrogen and oxygen atoms in total. The maximum atomic E-state index is 13.0. The number of anilines is 5. The molecule has 11 heteroatoms. The van der Waals surface area contributed by atoms with Crippen molar-refractivity contribution >= 4 is 40.8 Å². The predicted molar refractivity (Wildman–Crippen MR) is 112 cm³/mol. The van der Waals surface area contributed by atoms with Gasteiger partial charge < -0.3 is 20.6 Å². The molecule has 162 valence electrons. The van der Waals surface area contributed by atoms with Crippen LogP contribution in [0.1, 0.15) is 12.0 Å². The van der Waals surface area contributed by atoms with Crippen molar-refractivity contribution in [1.29, 1.82) is 0 Å². The maximum absolute atomic E-state index is 13.0. The first-order chi connectivity index (χ1) is 14.8. The number of halogens is 4. The largest absolute Gasteiger partial charge is 0.416 e. The number of nitrogens with one attached hydrogen (secondary N) is 2. The van der Waals surface area contributed by atoms with Gasteiger partial charge in [0.05, 0.1) is 22.4 Å². The van der Waals surface area contributed by atoms with Gasteiger partial charge in [-0.3, -0.25) is 0 Å². The Bertz CT molecular complexity index is 1080. The lowest BCUT2D eigenvalue weighted by atomic mass is 10.2. The van der Waals surface area contributed by atoms with Crippen molar-refractivity contribution in [3.63, 3.8) is 0 Å². The molecule has 0 bridgehead atoms. The normalized spacial score (nSPS) is 16.4. The zero-order valence-electron chi connectivity index (χ0n) is 16.1. The van der Waals surface area contributed by atoms with Crippen LogP contribution in [-0.2, 0) is 6.18 Å². The van der Waals surface area contributed by atoms with Crippen molar-refractivity contribution in [3.8, 4) is 0 Å². The number of aliphatic hydroxyl groups excluding tert-OH is 1. The molecule has 4 rings (SSSR count). The van der Waals surface area contributed by atoms with Crippen molar-refractivity contribution in [2.24, 2.45) is 0 Å². The van der Waals surface area contributed by atoms with E-state index in [1.54, 1.807) is 29.2 Å². The monoisotopic (exact) mass is 450 g/mol. The van der Waals surface area contributed by atoms with E-state index in [-0.39, 0.29) is 23.5 Å². The van der Waals surface area contributed by atoms with E-state index in [1.165, 1.54) is 12.1 Å². The van der Waals surface area contributed by atoms with Gasteiger partial charge in [-0.2, -0.15) is 28.1 Å². The topological polar surface area (TPSA) is 86.2 Å². The van der Waals surface area contributed by atoms with Crippen molar-refractivity contribution in [2.45, 2.75) is 18.7 Å². The quantitative estimate of drug-likeness (QED) is 0.523. The number of benzene rings is 2. The van der Waals surface area contributed by atoms with Crippen molar-refractivity contribution in [3.05, 3.63) is 59.1 Å². The first-order valence-corrected chi connectivity index (χ1v) is 9.81. The molecular formula is C20H18ClF3N6O. The first kappa shape index (κ1) is 21.1. The molecule has 0 saturated carbocycles. The highest BCUT2D eigenvalue weighted by atomic mass is 35.5. The summed E-state index contributed by atoms with van der Waals surface area (Å²) in [5, 5.41) is 16.1. The molecule has 0 unspecified atom stereocenters. The van der Waals surface area contributed by atoms with Crippen molar-refractivity contribution < 1.29 is 18.3 Å².